The topological polar surface area (TPSA) is 90.2 Å². The first-order valence-electron chi connectivity index (χ1n) is 13.2. The summed E-state index contributed by atoms with van der Waals surface area (Å²) in [4.78, 5) is 0. The van der Waals surface area contributed by atoms with E-state index in [0.717, 1.165) is 30.8 Å². The number of ether oxygens (including phenoxy) is 1. The molecule has 0 bridgehead atoms. The lowest BCUT2D eigenvalue weighted by molar-refractivity contribution is -0.115. The van der Waals surface area contributed by atoms with Gasteiger partial charge in [-0.15, -0.1) is 0 Å². The summed E-state index contributed by atoms with van der Waals surface area (Å²) in [6.07, 6.45) is 12.8. The van der Waals surface area contributed by atoms with Crippen LogP contribution in [0.15, 0.2) is 23.3 Å². The van der Waals surface area contributed by atoms with Gasteiger partial charge in [-0.3, -0.25) is 0 Å². The Morgan fingerprint density at radius 1 is 1.15 bits per heavy atom. The molecule has 0 saturated heterocycles. The van der Waals surface area contributed by atoms with Crippen LogP contribution in [0.2, 0.25) is 0 Å². The maximum atomic E-state index is 10.4. The van der Waals surface area contributed by atoms with Gasteiger partial charge in [0.05, 0.1) is 31.0 Å². The van der Waals surface area contributed by atoms with E-state index in [-0.39, 0.29) is 13.2 Å². The van der Waals surface area contributed by atoms with E-state index in [1.165, 1.54) is 32.1 Å². The molecule has 5 nitrogen and oxygen atoms in total. The van der Waals surface area contributed by atoms with Gasteiger partial charge < -0.3 is 25.2 Å². The van der Waals surface area contributed by atoms with Crippen molar-refractivity contribution in [2.75, 3.05) is 13.2 Å². The number of hydrogen-bond acceptors (Lipinski definition) is 5. The SMILES string of the molecule is C[C@@H](CCCC(C)(C)O)[C@H]1CC[C@H]2/C(=C/C=C3C[C@@H](O)C(OCCO)[C@H](O)C3)CCC[C@]12C. The Labute approximate surface area is 200 Å². The van der Waals surface area contributed by atoms with Crippen LogP contribution in [0.3, 0.4) is 0 Å². The number of rotatable bonds is 9. The van der Waals surface area contributed by atoms with E-state index in [1.54, 1.807) is 5.57 Å². The average molecular weight is 465 g/mol. The molecule has 0 aromatic rings. The molecule has 0 amide bonds. The lowest BCUT2D eigenvalue weighted by Gasteiger charge is -2.44. The number of aliphatic hydroxyl groups is 4. The molecule has 3 fully saturated rings. The third-order valence-electron chi connectivity index (χ3n) is 8.81. The summed E-state index contributed by atoms with van der Waals surface area (Å²) in [5.74, 6) is 2.05. The highest BCUT2D eigenvalue weighted by Crippen LogP contribution is 2.60. The maximum Gasteiger partial charge on any atom is 0.110 e. The van der Waals surface area contributed by atoms with E-state index < -0.39 is 23.9 Å². The first-order valence-corrected chi connectivity index (χ1v) is 13.2. The van der Waals surface area contributed by atoms with Crippen molar-refractivity contribution in [3.8, 4) is 0 Å². The summed E-state index contributed by atoms with van der Waals surface area (Å²) in [5.41, 5.74) is 2.41. The van der Waals surface area contributed by atoms with Crippen LogP contribution in [0, 0.1) is 23.2 Å². The third-order valence-corrected chi connectivity index (χ3v) is 8.81. The predicted molar refractivity (Wildman–Crippen MR) is 132 cm³/mol. The Kier molecular flexibility index (Phi) is 9.24. The molecule has 3 aliphatic rings. The first-order chi connectivity index (χ1) is 15.5. The minimum Gasteiger partial charge on any atom is -0.394 e. The summed E-state index contributed by atoms with van der Waals surface area (Å²) < 4.78 is 5.44. The molecule has 0 heterocycles. The summed E-state index contributed by atoms with van der Waals surface area (Å²) in [7, 11) is 0. The van der Waals surface area contributed by atoms with E-state index in [2.05, 4.69) is 26.0 Å². The van der Waals surface area contributed by atoms with Crippen molar-refractivity contribution in [2.24, 2.45) is 23.2 Å². The average Bonchev–Trinajstić information content (AvgIpc) is 3.08. The zero-order valence-corrected chi connectivity index (χ0v) is 21.3. The Morgan fingerprint density at radius 2 is 1.85 bits per heavy atom. The van der Waals surface area contributed by atoms with Crippen LogP contribution in [0.4, 0.5) is 0 Å². The zero-order valence-electron chi connectivity index (χ0n) is 21.3. The largest absolute Gasteiger partial charge is 0.394 e. The van der Waals surface area contributed by atoms with Gasteiger partial charge in [-0.1, -0.05) is 50.0 Å². The van der Waals surface area contributed by atoms with Crippen LogP contribution >= 0.6 is 0 Å². The Balaban J connectivity index is 1.64. The molecule has 190 valence electrons. The van der Waals surface area contributed by atoms with E-state index in [1.807, 2.05) is 13.8 Å². The molecular weight excluding hydrogens is 416 g/mol. The van der Waals surface area contributed by atoms with Gasteiger partial charge in [0.15, 0.2) is 0 Å². The highest BCUT2D eigenvalue weighted by atomic mass is 16.5. The summed E-state index contributed by atoms with van der Waals surface area (Å²) in [6, 6.07) is 0. The molecule has 0 aromatic carbocycles. The van der Waals surface area contributed by atoms with Crippen LogP contribution in [0.25, 0.3) is 0 Å². The fourth-order valence-electron chi connectivity index (χ4n) is 7.15. The van der Waals surface area contributed by atoms with Gasteiger partial charge in [-0.2, -0.15) is 0 Å². The molecule has 0 radical (unpaired) electrons. The van der Waals surface area contributed by atoms with Crippen molar-refractivity contribution in [2.45, 2.75) is 116 Å². The van der Waals surface area contributed by atoms with Crippen molar-refractivity contribution in [3.05, 3.63) is 23.3 Å². The number of fused-ring (bicyclic) bond motifs is 1. The second-order valence-corrected chi connectivity index (χ2v) is 11.9. The second kappa shape index (κ2) is 11.3. The number of hydrogen-bond donors (Lipinski definition) is 4. The molecule has 33 heavy (non-hydrogen) atoms. The fourth-order valence-corrected chi connectivity index (χ4v) is 7.15. The first kappa shape index (κ1) is 26.9. The summed E-state index contributed by atoms with van der Waals surface area (Å²) >= 11 is 0. The quantitative estimate of drug-likeness (QED) is 0.403. The molecule has 3 saturated carbocycles. The van der Waals surface area contributed by atoms with E-state index in [0.29, 0.717) is 30.1 Å². The smallest absolute Gasteiger partial charge is 0.110 e. The van der Waals surface area contributed by atoms with Gasteiger partial charge in [0.25, 0.3) is 0 Å². The van der Waals surface area contributed by atoms with Gasteiger partial charge in [0.1, 0.15) is 6.10 Å². The molecule has 6 atom stereocenters. The fraction of sp³-hybridized carbons (Fsp3) is 0.857. The van der Waals surface area contributed by atoms with Crippen LogP contribution < -0.4 is 0 Å². The lowest BCUT2D eigenvalue weighted by Crippen LogP contribution is -2.44. The number of allylic oxidation sites excluding steroid dienone is 3. The summed E-state index contributed by atoms with van der Waals surface area (Å²) in [6.45, 7) is 8.78. The van der Waals surface area contributed by atoms with Crippen LogP contribution in [-0.2, 0) is 4.74 Å². The highest BCUT2D eigenvalue weighted by molar-refractivity contribution is 5.26. The Hall–Kier alpha value is -0.720. The van der Waals surface area contributed by atoms with Crippen molar-refractivity contribution in [1.29, 1.82) is 0 Å². The normalized spacial score (nSPS) is 37.3. The molecule has 0 aromatic heterocycles. The molecule has 0 aliphatic heterocycles. The third kappa shape index (κ3) is 6.70. The standard InChI is InChI=1S/C28H48O5/c1-19(7-5-13-27(2,3)32)22-11-12-23-21(8-6-14-28(22,23)4)10-9-20-17-24(30)26(25(31)18-20)33-16-15-29/h9-10,19,22-26,29-32H,5-8,11-18H2,1-4H3/b20-9?,21-10+/t19-,22+,23-,24+,25+,26?,28+/m0/s1. The van der Waals surface area contributed by atoms with E-state index in [9.17, 15) is 15.3 Å². The van der Waals surface area contributed by atoms with Gasteiger partial charge in [0.2, 0.25) is 0 Å². The lowest BCUT2D eigenvalue weighted by atomic mass is 9.60. The Bertz CT molecular complexity index is 679. The van der Waals surface area contributed by atoms with Crippen molar-refractivity contribution >= 4 is 0 Å². The Morgan fingerprint density at radius 3 is 2.48 bits per heavy atom. The van der Waals surface area contributed by atoms with Crippen molar-refractivity contribution in [1.82, 2.24) is 0 Å². The molecule has 3 rings (SSSR count). The molecule has 3 aliphatic carbocycles. The van der Waals surface area contributed by atoms with Gasteiger partial charge in [-0.25, -0.2) is 0 Å². The molecule has 4 N–H and O–H groups in total. The second-order valence-electron chi connectivity index (χ2n) is 11.9. The molecular formula is C28H48O5. The van der Waals surface area contributed by atoms with E-state index in [4.69, 9.17) is 9.84 Å². The number of aliphatic hydroxyl groups excluding tert-OH is 3. The molecule has 5 heteroatoms. The summed E-state index contributed by atoms with van der Waals surface area (Å²) in [5, 5.41) is 39.9. The van der Waals surface area contributed by atoms with E-state index >= 15 is 0 Å². The van der Waals surface area contributed by atoms with Gasteiger partial charge in [0, 0.05) is 0 Å². The van der Waals surface area contributed by atoms with Crippen LogP contribution in [0.5, 0.6) is 0 Å². The monoisotopic (exact) mass is 464 g/mol. The van der Waals surface area contributed by atoms with Crippen LogP contribution in [0.1, 0.15) is 91.9 Å². The van der Waals surface area contributed by atoms with Gasteiger partial charge in [-0.05, 0) is 88.4 Å². The molecule has 0 spiro atoms. The predicted octanol–water partition coefficient (Wildman–Crippen LogP) is 4.53. The maximum absolute atomic E-state index is 10.4. The minimum atomic E-state index is -0.734. The molecule has 0 unspecified atom stereocenters. The zero-order chi connectivity index (χ0) is 24.2. The van der Waals surface area contributed by atoms with Gasteiger partial charge >= 0.3 is 0 Å². The highest BCUT2D eigenvalue weighted by Gasteiger charge is 2.50. The van der Waals surface area contributed by atoms with Crippen molar-refractivity contribution < 1.29 is 25.2 Å². The minimum absolute atomic E-state index is 0.107. The van der Waals surface area contributed by atoms with Crippen molar-refractivity contribution in [3.63, 3.8) is 0 Å². The van der Waals surface area contributed by atoms with Crippen LogP contribution in [-0.4, -0.2) is 57.6 Å².